The number of carbonyl (C=O) groups excluding carboxylic acids is 2. The number of methoxy groups -OCH3 is 3. The van der Waals surface area contributed by atoms with Crippen molar-refractivity contribution < 1.29 is 59.0 Å². The summed E-state index contributed by atoms with van der Waals surface area (Å²) >= 11 is 0. The Morgan fingerprint density at radius 1 is 0.411 bits per heavy atom. The van der Waals surface area contributed by atoms with E-state index in [1.165, 1.54) is 55.4 Å². The van der Waals surface area contributed by atoms with E-state index in [2.05, 4.69) is 94.5 Å². The largest absolute Gasteiger partial charge is 0.497 e. The first-order valence-corrected chi connectivity index (χ1v) is 40.2. The second-order valence-electron chi connectivity index (χ2n) is 28.2. The van der Waals surface area contributed by atoms with Gasteiger partial charge in [0.15, 0.2) is 0 Å². The van der Waals surface area contributed by atoms with Crippen LogP contribution in [-0.4, -0.2) is 238 Å². The monoisotopic (exact) mass is 1540 g/mol. The Morgan fingerprint density at radius 3 is 0.850 bits per heavy atom. The van der Waals surface area contributed by atoms with Gasteiger partial charge in [-0.15, -0.1) is 0 Å². The molecule has 107 heavy (non-hydrogen) atoms. The lowest BCUT2D eigenvalue weighted by Gasteiger charge is -2.36. The normalized spacial score (nSPS) is 14.7. The lowest BCUT2D eigenvalue weighted by Crippen LogP contribution is -2.41. The van der Waals surface area contributed by atoms with Crippen LogP contribution in [0.2, 0.25) is 0 Å². The average Bonchev–Trinajstić information content (AvgIpc) is 0.793. The Hall–Kier alpha value is -8.06. The van der Waals surface area contributed by atoms with E-state index < -0.39 is 36.0 Å². The fourth-order valence-corrected chi connectivity index (χ4v) is 18.2. The van der Waals surface area contributed by atoms with Crippen LogP contribution in [0, 0.1) is 41.5 Å². The maximum absolute atomic E-state index is 13.1. The molecule has 6 aromatic carbocycles. The van der Waals surface area contributed by atoms with Crippen LogP contribution in [0.5, 0.6) is 17.2 Å². The number of anilines is 6. The van der Waals surface area contributed by atoms with E-state index in [1.54, 1.807) is 92.2 Å². The molecule has 6 aromatic rings. The van der Waals surface area contributed by atoms with Crippen LogP contribution in [-0.2, 0) is 44.5 Å². The molecule has 3 heterocycles. The van der Waals surface area contributed by atoms with Crippen LogP contribution < -0.4 is 45.3 Å². The predicted octanol–water partition coefficient (Wildman–Crippen LogP) is 10.8. The lowest BCUT2D eigenvalue weighted by atomic mass is 10.0. The summed E-state index contributed by atoms with van der Waals surface area (Å²) in [6.45, 7) is 16.8. The summed E-state index contributed by atoms with van der Waals surface area (Å²) in [4.78, 5) is 50.4. The number of carboxylic acid groups (broad SMARTS) is 1. The molecule has 0 spiro atoms. The maximum Gasteiger partial charge on any atom is 0.304 e. The van der Waals surface area contributed by atoms with Crippen LogP contribution in [0.4, 0.5) is 34.1 Å². The van der Waals surface area contributed by atoms with E-state index in [0.29, 0.717) is 74.1 Å². The average molecular weight is 1540 g/mol. The quantitative estimate of drug-likeness (QED) is 0.0367. The molecule has 3 fully saturated rings. The molecule has 0 aliphatic carbocycles. The Labute approximate surface area is 639 Å². The summed E-state index contributed by atoms with van der Waals surface area (Å²) in [7, 11) is 10.7. The molecular formula is C79H120N12O13S3. The number of hydrogen-bond acceptors (Lipinski definition) is 19. The number of rotatable bonds is 26. The third-order valence-electron chi connectivity index (χ3n) is 19.8. The first kappa shape index (κ1) is 89.6. The first-order valence-electron chi connectivity index (χ1n) is 35.9. The van der Waals surface area contributed by atoms with E-state index in [9.17, 15) is 39.6 Å². The molecule has 0 bridgehead atoms. The Morgan fingerprint density at radius 2 is 0.636 bits per heavy atom. The molecular weight excluding hydrogens is 1420 g/mol. The van der Waals surface area contributed by atoms with Crippen molar-refractivity contribution in [3.8, 4) is 17.2 Å². The number of nitrogens with one attached hydrogen (secondary N) is 2. The number of nitrogens with zero attached hydrogens (tertiary/aromatic N) is 9. The van der Waals surface area contributed by atoms with Gasteiger partial charge in [0.25, 0.3) is 0 Å². The number of nitrogens with two attached hydrogens (primary N) is 1. The highest BCUT2D eigenvalue weighted by atomic mass is 32.2. The summed E-state index contributed by atoms with van der Waals surface area (Å²) in [5, 5.41) is 14.4. The minimum absolute atomic E-state index is 0. The first-order chi connectivity index (χ1) is 49.9. The Bertz CT molecular complexity index is 3970. The number of piperidine rings is 3. The van der Waals surface area contributed by atoms with Gasteiger partial charge in [-0.2, -0.15) is 0 Å². The fourth-order valence-electron chi connectivity index (χ4n) is 13.5. The van der Waals surface area contributed by atoms with E-state index in [-0.39, 0.29) is 72.8 Å². The van der Waals surface area contributed by atoms with Crippen molar-refractivity contribution in [2.45, 2.75) is 140 Å². The summed E-state index contributed by atoms with van der Waals surface area (Å²) in [6.07, 6.45) is 6.93. The van der Waals surface area contributed by atoms with Gasteiger partial charge in [-0.3, -0.25) is 14.4 Å². The maximum atomic E-state index is 13.1. The third-order valence-corrected chi connectivity index (χ3v) is 26.3. The summed E-state index contributed by atoms with van der Waals surface area (Å²) in [5.41, 5.74) is 15.1. The van der Waals surface area contributed by atoms with Crippen LogP contribution in [0.3, 0.4) is 0 Å². The van der Waals surface area contributed by atoms with Crippen LogP contribution in [0.25, 0.3) is 0 Å². The Balaban J connectivity index is 0.000000267. The van der Waals surface area contributed by atoms with E-state index >= 15 is 0 Å². The van der Waals surface area contributed by atoms with Gasteiger partial charge in [0.2, 0.25) is 41.9 Å². The molecule has 3 saturated heterocycles. The molecule has 25 nitrogen and oxygen atoms in total. The number of benzene rings is 6. The van der Waals surface area contributed by atoms with Gasteiger partial charge in [0.05, 0.1) is 42.4 Å². The molecule has 0 unspecified atom stereocenters. The number of nitrogen functional groups attached to an aromatic ring is 1. The SMILES string of the molecule is C.CN(C)C1CCN(c2ccc(N)cc2)CC1.COc1cc(C)c(S(=O)(=O)N(C)CCC(=O)Nc2ccc(N3CCC(N(C)C)CC3)cc2)c(C)c1.COc1cc(C)c(S(=O)(=O)N(C)CCC(=O)Nc2ccc(N3CCC(N(C)C)CC3)cc2)c(C)c1.COc1cc(C)c(S(=O)(=O)N(C)CCC(=O)O)c(C)c1. The molecule has 5 N–H and O–H groups in total. The summed E-state index contributed by atoms with van der Waals surface area (Å²) < 4.78 is 96.6. The number of carboxylic acids is 1. The van der Waals surface area contributed by atoms with Crippen molar-refractivity contribution in [1.82, 2.24) is 27.6 Å². The van der Waals surface area contributed by atoms with E-state index in [4.69, 9.17) is 25.1 Å². The molecule has 0 atom stereocenters. The van der Waals surface area contributed by atoms with Crippen molar-refractivity contribution in [2.24, 2.45) is 0 Å². The zero-order valence-electron chi connectivity index (χ0n) is 65.5. The number of aryl methyl sites for hydroxylation is 6. The van der Waals surface area contributed by atoms with Gasteiger partial charge in [-0.25, -0.2) is 38.2 Å². The topological polar surface area (TPSA) is 281 Å². The highest BCUT2D eigenvalue weighted by Gasteiger charge is 2.30. The molecule has 0 radical (unpaired) electrons. The minimum Gasteiger partial charge on any atom is -0.497 e. The van der Waals surface area contributed by atoms with E-state index in [1.807, 2.05) is 60.7 Å². The van der Waals surface area contributed by atoms with Crippen LogP contribution in [0.15, 0.2) is 124 Å². The summed E-state index contributed by atoms with van der Waals surface area (Å²) in [6, 6.07) is 36.0. The molecule has 9 rings (SSSR count). The van der Waals surface area contributed by atoms with Crippen LogP contribution >= 0.6 is 0 Å². The van der Waals surface area contributed by atoms with Crippen molar-refractivity contribution in [3.63, 3.8) is 0 Å². The highest BCUT2D eigenvalue weighted by Crippen LogP contribution is 2.33. The number of aliphatic carboxylic acids is 1. The second-order valence-corrected chi connectivity index (χ2v) is 34.2. The number of amides is 2. The minimum atomic E-state index is -3.73. The number of carbonyl (C=O) groups is 3. The molecule has 3 aliphatic rings. The van der Waals surface area contributed by atoms with Crippen molar-refractivity contribution in [2.75, 3.05) is 175 Å². The number of sulfonamides is 3. The lowest BCUT2D eigenvalue weighted by molar-refractivity contribution is -0.137. The molecule has 2 amide bonds. The van der Waals surface area contributed by atoms with E-state index in [0.717, 1.165) is 92.4 Å². The van der Waals surface area contributed by atoms with Gasteiger partial charge >= 0.3 is 5.97 Å². The molecule has 28 heteroatoms. The Kier molecular flexibility index (Phi) is 34.3. The smallest absolute Gasteiger partial charge is 0.304 e. The number of hydrogen-bond donors (Lipinski definition) is 4. The highest BCUT2D eigenvalue weighted by molar-refractivity contribution is 7.89. The molecule has 0 saturated carbocycles. The fraction of sp³-hybridized carbons (Fsp3) is 0.506. The third kappa shape index (κ3) is 25.3. The molecule has 3 aliphatic heterocycles. The van der Waals surface area contributed by atoms with Gasteiger partial charge in [0, 0.05) is 145 Å². The van der Waals surface area contributed by atoms with Crippen molar-refractivity contribution in [3.05, 3.63) is 143 Å². The van der Waals surface area contributed by atoms with Gasteiger partial charge in [0.1, 0.15) is 17.2 Å². The second kappa shape index (κ2) is 40.9. The van der Waals surface area contributed by atoms with Crippen molar-refractivity contribution >= 4 is 82.0 Å². The molecule has 0 aromatic heterocycles. The van der Waals surface area contributed by atoms with Crippen LogP contribution in [0.1, 0.15) is 98.6 Å². The van der Waals surface area contributed by atoms with Gasteiger partial charge in [-0.05, 0) is 265 Å². The van der Waals surface area contributed by atoms with Crippen molar-refractivity contribution in [1.29, 1.82) is 0 Å². The summed E-state index contributed by atoms with van der Waals surface area (Å²) in [5.74, 6) is 0.335. The predicted molar refractivity (Wildman–Crippen MR) is 433 cm³/mol. The number of ether oxygens (including phenoxy) is 3. The zero-order valence-corrected chi connectivity index (χ0v) is 68.0. The standard InChI is InChI=1S/2C26H38N4O4S.C13H21N3.C13H19NO5S.CH4/c2*1-19-17-24(34-6)18-20(2)26(19)35(32,33)29(5)14-13-25(31)27-21-7-9-23(10-8-21)30-15-11-22(12-16-30)28(3)4;1-15(2)12-7-9-16(10-8-12)13-5-3-11(14)4-6-13;1-9-7-11(19-4)8-10(2)13(9)20(17,18)14(3)6-5-12(15)16;/h2*7-10,17-18,22H,11-16H2,1-6H3,(H,27,31);3-6,12H,7-10,14H2,1-2H3;7-8H,5-6H2,1-4H3,(H,15,16);1H4. The zero-order chi connectivity index (χ0) is 78.5. The van der Waals surface area contributed by atoms with Gasteiger partial charge < -0.3 is 65.1 Å². The molecule has 592 valence electrons. The van der Waals surface area contributed by atoms with Gasteiger partial charge in [-0.1, -0.05) is 7.43 Å².